The zero-order chi connectivity index (χ0) is 27.7. The van der Waals surface area contributed by atoms with E-state index in [2.05, 4.69) is 0 Å². The molecule has 4 unspecified atom stereocenters. The summed E-state index contributed by atoms with van der Waals surface area (Å²) in [5.41, 5.74) is 0.0769. The van der Waals surface area contributed by atoms with Crippen molar-refractivity contribution in [2.24, 2.45) is 0 Å². The number of methoxy groups -OCH3 is 1. The second kappa shape index (κ2) is 10.8. The lowest BCUT2D eigenvalue weighted by molar-refractivity contribution is -0.136. The van der Waals surface area contributed by atoms with Crippen molar-refractivity contribution in [1.82, 2.24) is 9.80 Å². The van der Waals surface area contributed by atoms with Gasteiger partial charge in [-0.25, -0.2) is 19.2 Å². The van der Waals surface area contributed by atoms with E-state index in [-0.39, 0.29) is 42.3 Å². The largest absolute Gasteiger partial charge is 0.478 e. The summed E-state index contributed by atoms with van der Waals surface area (Å²) in [6, 6.07) is -0.132. The van der Waals surface area contributed by atoms with Crippen molar-refractivity contribution in [3.8, 4) is 0 Å². The van der Waals surface area contributed by atoms with Gasteiger partial charge in [0.15, 0.2) is 0 Å². The zero-order valence-corrected chi connectivity index (χ0v) is 22.9. The number of carbonyl (C=O) groups is 4. The average Bonchev–Trinajstić information content (AvgIpc) is 3.19. The predicted octanol–water partition coefficient (Wildman–Crippen LogP) is 4.43. The minimum absolute atomic E-state index is 0.0269. The van der Waals surface area contributed by atoms with E-state index in [9.17, 15) is 19.2 Å². The first-order valence-corrected chi connectivity index (χ1v) is 12.8. The van der Waals surface area contributed by atoms with Crippen LogP contribution in [-0.2, 0) is 23.8 Å². The number of nitrogens with zero attached hydrogens (tertiary/aromatic N) is 2. The van der Waals surface area contributed by atoms with E-state index in [4.69, 9.17) is 19.3 Å². The van der Waals surface area contributed by atoms with Gasteiger partial charge in [-0.3, -0.25) is 9.80 Å². The molecule has 10 nitrogen and oxygen atoms in total. The molecule has 0 spiro atoms. The first-order valence-electron chi connectivity index (χ1n) is 12.8. The van der Waals surface area contributed by atoms with Crippen molar-refractivity contribution >= 4 is 24.1 Å². The third-order valence-electron chi connectivity index (χ3n) is 6.72. The molecule has 4 heterocycles. The van der Waals surface area contributed by atoms with E-state index in [0.717, 1.165) is 25.7 Å². The molecule has 4 rings (SSSR count). The van der Waals surface area contributed by atoms with Crippen molar-refractivity contribution in [3.05, 3.63) is 23.3 Å². The number of carboxylic acids is 1. The predicted molar refractivity (Wildman–Crippen MR) is 135 cm³/mol. The van der Waals surface area contributed by atoms with E-state index in [1.165, 1.54) is 7.11 Å². The van der Waals surface area contributed by atoms with Crippen LogP contribution >= 0.6 is 0 Å². The molecule has 4 aliphatic heterocycles. The monoisotopic (exact) mass is 520 g/mol. The molecular weight excluding hydrogens is 480 g/mol. The Bertz CT molecular complexity index is 987. The second-order valence-corrected chi connectivity index (χ2v) is 12.0. The molecule has 2 saturated heterocycles. The van der Waals surface area contributed by atoms with Crippen molar-refractivity contribution in [1.29, 1.82) is 0 Å². The van der Waals surface area contributed by atoms with E-state index < -0.39 is 17.2 Å². The summed E-state index contributed by atoms with van der Waals surface area (Å²) in [5, 5.41) is 9.01. The number of aliphatic carboxylic acids is 1. The summed E-state index contributed by atoms with van der Waals surface area (Å²) in [6.07, 6.45) is 7.34. The van der Waals surface area contributed by atoms with Crippen LogP contribution in [0.2, 0.25) is 0 Å². The van der Waals surface area contributed by atoms with Crippen molar-refractivity contribution in [2.45, 2.75) is 115 Å². The smallest absolute Gasteiger partial charge is 0.411 e. The summed E-state index contributed by atoms with van der Waals surface area (Å²) in [7, 11) is 1.38. The Morgan fingerprint density at radius 1 is 0.757 bits per heavy atom. The van der Waals surface area contributed by atoms with E-state index in [0.29, 0.717) is 24.0 Å². The van der Waals surface area contributed by atoms with Crippen molar-refractivity contribution < 1.29 is 38.5 Å². The molecule has 0 aromatic carbocycles. The fourth-order valence-corrected chi connectivity index (χ4v) is 5.30. The Morgan fingerprint density at radius 2 is 1.16 bits per heavy atom. The lowest BCUT2D eigenvalue weighted by Gasteiger charge is -2.34. The maximum atomic E-state index is 12.2. The SMILES string of the molecule is CC(C)(C)OC(=O)N1C2C=C(C(=O)O)CC1CC2.COC(=O)C1=CC2CCC(C1)N2C(=O)OC(C)(C)C. The number of ether oxygens (including phenoxy) is 3. The summed E-state index contributed by atoms with van der Waals surface area (Å²) in [5.74, 6) is -1.17. The molecule has 10 heteroatoms. The molecule has 37 heavy (non-hydrogen) atoms. The zero-order valence-electron chi connectivity index (χ0n) is 22.9. The number of hydrogen-bond acceptors (Lipinski definition) is 7. The molecule has 0 aliphatic carbocycles. The summed E-state index contributed by atoms with van der Waals surface area (Å²) >= 11 is 0. The van der Waals surface area contributed by atoms with Gasteiger partial charge in [0, 0.05) is 23.2 Å². The molecule has 4 atom stereocenters. The van der Waals surface area contributed by atoms with Gasteiger partial charge in [0.05, 0.1) is 19.2 Å². The lowest BCUT2D eigenvalue weighted by atomic mass is 10.0. The van der Waals surface area contributed by atoms with Crippen LogP contribution in [0.25, 0.3) is 0 Å². The summed E-state index contributed by atoms with van der Waals surface area (Å²) < 4.78 is 15.5. The number of rotatable bonds is 2. The molecule has 206 valence electrons. The Balaban J connectivity index is 0.000000206. The number of fused-ring (bicyclic) bond motifs is 4. The van der Waals surface area contributed by atoms with Gasteiger partial charge in [-0.05, 0) is 80.1 Å². The summed E-state index contributed by atoms with van der Waals surface area (Å²) in [6.45, 7) is 11.0. The minimum Gasteiger partial charge on any atom is -0.478 e. The lowest BCUT2D eigenvalue weighted by Crippen LogP contribution is -2.46. The first kappa shape index (κ1) is 28.5. The molecule has 2 fully saturated rings. The molecule has 0 radical (unpaired) electrons. The first-order chi connectivity index (χ1) is 17.1. The summed E-state index contributed by atoms with van der Waals surface area (Å²) in [4.78, 5) is 50.3. The van der Waals surface area contributed by atoms with Crippen LogP contribution in [-0.4, -0.2) is 81.5 Å². The van der Waals surface area contributed by atoms with Gasteiger partial charge in [0.1, 0.15) is 11.2 Å². The maximum absolute atomic E-state index is 12.2. The van der Waals surface area contributed by atoms with Gasteiger partial charge in [0.2, 0.25) is 0 Å². The molecule has 0 saturated carbocycles. The average molecular weight is 521 g/mol. The third-order valence-corrected chi connectivity index (χ3v) is 6.72. The van der Waals surface area contributed by atoms with Gasteiger partial charge in [-0.15, -0.1) is 0 Å². The quantitative estimate of drug-likeness (QED) is 0.419. The van der Waals surface area contributed by atoms with Crippen LogP contribution in [0.15, 0.2) is 23.3 Å². The standard InChI is InChI=1S/C14H21NO4.C13H19NO4/c1-14(2,3)19-13(17)15-10-5-6-11(15)8-9(7-10)12(16)18-4;1-13(2,3)18-12(17)14-9-4-5-10(14)7-8(6-9)11(15)16/h7,10-11H,5-6,8H2,1-4H3;6,9-10H,4-5,7H2,1-3H3,(H,15,16). The highest BCUT2D eigenvalue weighted by molar-refractivity contribution is 5.89. The number of hydrogen-bond donors (Lipinski definition) is 1. The van der Waals surface area contributed by atoms with Gasteiger partial charge in [0.25, 0.3) is 0 Å². The van der Waals surface area contributed by atoms with E-state index >= 15 is 0 Å². The minimum atomic E-state index is -0.879. The van der Waals surface area contributed by atoms with Crippen LogP contribution in [0, 0.1) is 0 Å². The highest BCUT2D eigenvalue weighted by Gasteiger charge is 2.43. The molecule has 4 aliphatic rings. The number of carboxylic acid groups (broad SMARTS) is 1. The van der Waals surface area contributed by atoms with Crippen LogP contribution in [0.3, 0.4) is 0 Å². The molecule has 4 bridgehead atoms. The van der Waals surface area contributed by atoms with E-state index in [1.54, 1.807) is 15.9 Å². The number of esters is 1. The Hall–Kier alpha value is -3.04. The number of carbonyl (C=O) groups excluding carboxylic acids is 3. The molecule has 0 aromatic heterocycles. The van der Waals surface area contributed by atoms with Crippen LogP contribution in [0.1, 0.15) is 80.1 Å². The number of amides is 2. The van der Waals surface area contributed by atoms with Crippen molar-refractivity contribution in [3.63, 3.8) is 0 Å². The van der Waals surface area contributed by atoms with Crippen LogP contribution < -0.4 is 0 Å². The maximum Gasteiger partial charge on any atom is 0.411 e. The highest BCUT2D eigenvalue weighted by atomic mass is 16.6. The van der Waals surface area contributed by atoms with Crippen LogP contribution in [0.5, 0.6) is 0 Å². The van der Waals surface area contributed by atoms with Gasteiger partial charge < -0.3 is 19.3 Å². The van der Waals surface area contributed by atoms with Gasteiger partial charge >= 0.3 is 24.1 Å². The fraction of sp³-hybridized carbons (Fsp3) is 0.704. The Labute approximate surface area is 218 Å². The second-order valence-electron chi connectivity index (χ2n) is 12.0. The Morgan fingerprint density at radius 3 is 1.51 bits per heavy atom. The van der Waals surface area contributed by atoms with Gasteiger partial charge in [-0.2, -0.15) is 0 Å². The Kier molecular flexibility index (Phi) is 8.29. The molecule has 2 amide bonds. The normalized spacial score (nSPS) is 26.4. The topological polar surface area (TPSA) is 123 Å². The van der Waals surface area contributed by atoms with Gasteiger partial charge in [-0.1, -0.05) is 12.2 Å². The van der Waals surface area contributed by atoms with E-state index in [1.807, 2.05) is 47.6 Å². The molecular formula is C27H40N2O8. The molecule has 0 aromatic rings. The van der Waals surface area contributed by atoms with Crippen molar-refractivity contribution in [2.75, 3.05) is 7.11 Å². The highest BCUT2D eigenvalue weighted by Crippen LogP contribution is 2.37. The molecule has 1 N–H and O–H groups in total. The fourth-order valence-electron chi connectivity index (χ4n) is 5.30. The third kappa shape index (κ3) is 7.05. The van der Waals surface area contributed by atoms with Crippen LogP contribution in [0.4, 0.5) is 9.59 Å².